The molecule has 2 rings (SSSR count). The van der Waals surface area contributed by atoms with Crippen LogP contribution in [0.2, 0.25) is 0 Å². The van der Waals surface area contributed by atoms with Gasteiger partial charge in [-0.25, -0.2) is 0 Å². The highest BCUT2D eigenvalue weighted by Crippen LogP contribution is 2.36. The Morgan fingerprint density at radius 1 is 1.30 bits per heavy atom. The van der Waals surface area contributed by atoms with Crippen molar-refractivity contribution in [2.75, 3.05) is 19.8 Å². The number of ether oxygens (including phenoxy) is 2. The molecular formula is C17H27NO2. The molecule has 3 nitrogen and oxygen atoms in total. The van der Waals surface area contributed by atoms with Crippen LogP contribution in [0.1, 0.15) is 50.3 Å². The Labute approximate surface area is 122 Å². The second-order valence-corrected chi connectivity index (χ2v) is 5.58. The SMILES string of the molecule is CCCc1cccc(C(N)C2(OCC)CCOCC2)c1. The number of nitrogens with two attached hydrogens (primary N) is 1. The molecule has 1 fully saturated rings. The molecule has 1 saturated heterocycles. The number of aryl methyl sites for hydroxylation is 1. The quantitative estimate of drug-likeness (QED) is 0.868. The summed E-state index contributed by atoms with van der Waals surface area (Å²) in [6.45, 7) is 6.41. The molecule has 0 aromatic heterocycles. The Balaban J connectivity index is 2.22. The van der Waals surface area contributed by atoms with Crippen molar-refractivity contribution in [1.29, 1.82) is 0 Å². The Morgan fingerprint density at radius 2 is 2.05 bits per heavy atom. The third-order valence-corrected chi connectivity index (χ3v) is 4.19. The van der Waals surface area contributed by atoms with E-state index in [9.17, 15) is 0 Å². The van der Waals surface area contributed by atoms with Crippen molar-refractivity contribution < 1.29 is 9.47 Å². The second-order valence-electron chi connectivity index (χ2n) is 5.58. The summed E-state index contributed by atoms with van der Waals surface area (Å²) < 4.78 is 11.6. The summed E-state index contributed by atoms with van der Waals surface area (Å²) in [5, 5.41) is 0. The summed E-state index contributed by atoms with van der Waals surface area (Å²) in [6.07, 6.45) is 4.01. The van der Waals surface area contributed by atoms with Crippen LogP contribution < -0.4 is 5.73 Å². The predicted octanol–water partition coefficient (Wildman–Crippen LogP) is 3.22. The summed E-state index contributed by atoms with van der Waals surface area (Å²) in [6, 6.07) is 8.57. The van der Waals surface area contributed by atoms with E-state index in [4.69, 9.17) is 15.2 Å². The normalized spacial score (nSPS) is 19.8. The van der Waals surface area contributed by atoms with Crippen molar-refractivity contribution in [2.24, 2.45) is 5.73 Å². The molecule has 0 spiro atoms. The van der Waals surface area contributed by atoms with Crippen LogP contribution in [-0.2, 0) is 15.9 Å². The van der Waals surface area contributed by atoms with Gasteiger partial charge in [-0.15, -0.1) is 0 Å². The van der Waals surface area contributed by atoms with Crippen LogP contribution in [0.3, 0.4) is 0 Å². The van der Waals surface area contributed by atoms with E-state index in [1.807, 2.05) is 6.92 Å². The predicted molar refractivity (Wildman–Crippen MR) is 81.8 cm³/mol. The molecule has 0 radical (unpaired) electrons. The van der Waals surface area contributed by atoms with E-state index in [1.165, 1.54) is 11.1 Å². The Morgan fingerprint density at radius 3 is 2.70 bits per heavy atom. The largest absolute Gasteiger partial charge is 0.381 e. The van der Waals surface area contributed by atoms with E-state index in [-0.39, 0.29) is 11.6 Å². The van der Waals surface area contributed by atoms with Gasteiger partial charge in [0.25, 0.3) is 0 Å². The lowest BCUT2D eigenvalue weighted by atomic mass is 9.82. The highest BCUT2D eigenvalue weighted by atomic mass is 16.5. The molecule has 1 aromatic carbocycles. The van der Waals surface area contributed by atoms with Gasteiger partial charge in [0, 0.05) is 32.7 Å². The first-order chi connectivity index (χ1) is 9.72. The highest BCUT2D eigenvalue weighted by Gasteiger charge is 2.40. The van der Waals surface area contributed by atoms with E-state index in [0.717, 1.165) is 38.9 Å². The van der Waals surface area contributed by atoms with Crippen molar-refractivity contribution in [3.8, 4) is 0 Å². The number of rotatable bonds is 6. The summed E-state index contributed by atoms with van der Waals surface area (Å²) in [7, 11) is 0. The Hall–Kier alpha value is -0.900. The highest BCUT2D eigenvalue weighted by molar-refractivity contribution is 5.28. The molecule has 2 N–H and O–H groups in total. The zero-order valence-electron chi connectivity index (χ0n) is 12.7. The molecule has 0 bridgehead atoms. The lowest BCUT2D eigenvalue weighted by Gasteiger charge is -2.41. The minimum Gasteiger partial charge on any atom is -0.381 e. The molecule has 0 saturated carbocycles. The standard InChI is InChI=1S/C17H27NO2/c1-3-6-14-7-5-8-15(13-14)16(18)17(20-4-2)9-11-19-12-10-17/h5,7-8,13,16H,3-4,6,9-12,18H2,1-2H3. The molecule has 20 heavy (non-hydrogen) atoms. The second kappa shape index (κ2) is 7.21. The smallest absolute Gasteiger partial charge is 0.0917 e. The molecule has 0 aliphatic carbocycles. The first kappa shape index (κ1) is 15.5. The number of hydrogen-bond donors (Lipinski definition) is 1. The molecule has 1 aliphatic heterocycles. The van der Waals surface area contributed by atoms with Gasteiger partial charge in [-0.1, -0.05) is 37.6 Å². The molecule has 1 unspecified atom stereocenters. The maximum Gasteiger partial charge on any atom is 0.0917 e. The van der Waals surface area contributed by atoms with Gasteiger partial charge in [0.05, 0.1) is 11.6 Å². The van der Waals surface area contributed by atoms with Gasteiger partial charge < -0.3 is 15.2 Å². The van der Waals surface area contributed by atoms with Gasteiger partial charge in [-0.05, 0) is 24.5 Å². The van der Waals surface area contributed by atoms with Gasteiger partial charge in [0.15, 0.2) is 0 Å². The van der Waals surface area contributed by atoms with E-state index < -0.39 is 0 Å². The lowest BCUT2D eigenvalue weighted by molar-refractivity contribution is -0.121. The monoisotopic (exact) mass is 277 g/mol. The maximum atomic E-state index is 6.58. The fraction of sp³-hybridized carbons (Fsp3) is 0.647. The zero-order chi connectivity index (χ0) is 14.4. The van der Waals surface area contributed by atoms with Gasteiger partial charge in [-0.3, -0.25) is 0 Å². The first-order valence-corrected chi connectivity index (χ1v) is 7.78. The van der Waals surface area contributed by atoms with E-state index in [0.29, 0.717) is 6.61 Å². The van der Waals surface area contributed by atoms with Gasteiger partial charge in [0.2, 0.25) is 0 Å². The lowest BCUT2D eigenvalue weighted by Crippen LogP contribution is -2.48. The van der Waals surface area contributed by atoms with Crippen LogP contribution in [0.15, 0.2) is 24.3 Å². The number of benzene rings is 1. The Bertz CT molecular complexity index is 408. The van der Waals surface area contributed by atoms with Crippen molar-refractivity contribution in [3.05, 3.63) is 35.4 Å². The first-order valence-electron chi connectivity index (χ1n) is 7.78. The maximum absolute atomic E-state index is 6.58. The average Bonchev–Trinajstić information content (AvgIpc) is 2.48. The van der Waals surface area contributed by atoms with E-state index in [1.54, 1.807) is 0 Å². The molecule has 0 amide bonds. The minimum atomic E-state index is -0.266. The summed E-state index contributed by atoms with van der Waals surface area (Å²) in [4.78, 5) is 0. The van der Waals surface area contributed by atoms with E-state index >= 15 is 0 Å². The third-order valence-electron chi connectivity index (χ3n) is 4.19. The molecule has 1 atom stereocenters. The average molecular weight is 277 g/mol. The molecule has 1 aromatic rings. The van der Waals surface area contributed by atoms with Crippen molar-refractivity contribution in [1.82, 2.24) is 0 Å². The molecule has 1 heterocycles. The molecule has 112 valence electrons. The van der Waals surface area contributed by atoms with Crippen LogP contribution in [-0.4, -0.2) is 25.4 Å². The van der Waals surface area contributed by atoms with Crippen molar-refractivity contribution in [2.45, 2.75) is 51.2 Å². The summed E-state index contributed by atoms with van der Waals surface area (Å²) in [5.41, 5.74) is 8.86. The van der Waals surface area contributed by atoms with Crippen LogP contribution in [0.4, 0.5) is 0 Å². The molecule has 3 heteroatoms. The van der Waals surface area contributed by atoms with Gasteiger partial charge in [-0.2, -0.15) is 0 Å². The third kappa shape index (κ3) is 3.40. The fourth-order valence-electron chi connectivity index (χ4n) is 3.08. The minimum absolute atomic E-state index is 0.0804. The van der Waals surface area contributed by atoms with Gasteiger partial charge in [0.1, 0.15) is 0 Å². The molecule has 1 aliphatic rings. The van der Waals surface area contributed by atoms with Crippen LogP contribution in [0, 0.1) is 0 Å². The van der Waals surface area contributed by atoms with Crippen molar-refractivity contribution >= 4 is 0 Å². The summed E-state index contributed by atoms with van der Waals surface area (Å²) in [5.74, 6) is 0. The fourth-order valence-corrected chi connectivity index (χ4v) is 3.08. The Kier molecular flexibility index (Phi) is 5.58. The van der Waals surface area contributed by atoms with Crippen molar-refractivity contribution in [3.63, 3.8) is 0 Å². The van der Waals surface area contributed by atoms with Crippen LogP contribution >= 0.6 is 0 Å². The van der Waals surface area contributed by atoms with Crippen LogP contribution in [0.5, 0.6) is 0 Å². The topological polar surface area (TPSA) is 44.5 Å². The number of hydrogen-bond acceptors (Lipinski definition) is 3. The molecular weight excluding hydrogens is 250 g/mol. The zero-order valence-corrected chi connectivity index (χ0v) is 12.7. The van der Waals surface area contributed by atoms with Gasteiger partial charge >= 0.3 is 0 Å². The van der Waals surface area contributed by atoms with Crippen LogP contribution in [0.25, 0.3) is 0 Å². The summed E-state index contributed by atoms with van der Waals surface area (Å²) >= 11 is 0. The van der Waals surface area contributed by atoms with E-state index in [2.05, 4.69) is 31.2 Å².